The molecule has 2 rings (SSSR count). The van der Waals surface area contributed by atoms with E-state index in [-0.39, 0.29) is 18.6 Å². The van der Waals surface area contributed by atoms with Crippen LogP contribution < -0.4 is 0 Å². The van der Waals surface area contributed by atoms with E-state index in [1.807, 2.05) is 30.3 Å². The van der Waals surface area contributed by atoms with Crippen LogP contribution in [0.25, 0.3) is 0 Å². The molecule has 1 aromatic rings. The number of nitrogens with zero attached hydrogens (tertiary/aromatic N) is 1. The number of benzene rings is 1. The molecule has 4 heteroatoms. The summed E-state index contributed by atoms with van der Waals surface area (Å²) < 4.78 is 5.75. The van der Waals surface area contributed by atoms with Crippen LogP contribution in [0.5, 0.6) is 0 Å². The van der Waals surface area contributed by atoms with E-state index in [1.54, 1.807) is 4.90 Å². The van der Waals surface area contributed by atoms with Gasteiger partial charge in [-0.2, -0.15) is 0 Å². The van der Waals surface area contributed by atoms with Crippen LogP contribution in [0.2, 0.25) is 0 Å². The van der Waals surface area contributed by atoms with Crippen LogP contribution in [0.15, 0.2) is 30.3 Å². The van der Waals surface area contributed by atoms with Gasteiger partial charge in [-0.3, -0.25) is 4.79 Å². The van der Waals surface area contributed by atoms with Crippen LogP contribution in [-0.4, -0.2) is 41.3 Å². The Morgan fingerprint density at radius 3 is 2.71 bits per heavy atom. The normalized spacial score (nSPS) is 21.4. The number of rotatable bonds is 7. The summed E-state index contributed by atoms with van der Waals surface area (Å²) >= 11 is 0. The molecule has 0 saturated carbocycles. The minimum absolute atomic E-state index is 0.00443. The Hall–Kier alpha value is -1.39. The Labute approximate surface area is 126 Å². The Balaban J connectivity index is 1.83. The van der Waals surface area contributed by atoms with Crippen LogP contribution in [-0.2, 0) is 16.1 Å². The van der Waals surface area contributed by atoms with Crippen molar-refractivity contribution in [3.05, 3.63) is 35.9 Å². The smallest absolute Gasteiger partial charge is 0.223 e. The predicted molar refractivity (Wildman–Crippen MR) is 81.7 cm³/mol. The number of hydrogen-bond acceptors (Lipinski definition) is 3. The lowest BCUT2D eigenvalue weighted by atomic mass is 10.1. The highest BCUT2D eigenvalue weighted by molar-refractivity contribution is 5.76. The molecule has 0 aromatic heterocycles. The van der Waals surface area contributed by atoms with Gasteiger partial charge in [-0.25, -0.2) is 0 Å². The fourth-order valence-electron chi connectivity index (χ4n) is 2.76. The summed E-state index contributed by atoms with van der Waals surface area (Å²) in [6.07, 6.45) is 3.94. The van der Waals surface area contributed by atoms with E-state index in [1.165, 1.54) is 0 Å². The number of ether oxygens (including phenoxy) is 1. The second-order valence-electron chi connectivity index (χ2n) is 5.71. The van der Waals surface area contributed by atoms with Crippen LogP contribution in [0, 0.1) is 0 Å². The van der Waals surface area contributed by atoms with Crippen molar-refractivity contribution >= 4 is 5.91 Å². The van der Waals surface area contributed by atoms with Crippen molar-refractivity contribution < 1.29 is 14.6 Å². The molecule has 1 N–H and O–H groups in total. The molecular formula is C17H25NO3. The number of aliphatic hydroxyl groups is 1. The third kappa shape index (κ3) is 5.14. The highest BCUT2D eigenvalue weighted by Gasteiger charge is 2.23. The quantitative estimate of drug-likeness (QED) is 0.839. The molecule has 1 aliphatic heterocycles. The zero-order chi connectivity index (χ0) is 15.1. The predicted octanol–water partition coefficient (Wildman–Crippen LogP) is 2.36. The molecule has 116 valence electrons. The van der Waals surface area contributed by atoms with Crippen molar-refractivity contribution in [3.63, 3.8) is 0 Å². The molecule has 21 heavy (non-hydrogen) atoms. The summed E-state index contributed by atoms with van der Waals surface area (Å²) in [6.45, 7) is 3.02. The van der Waals surface area contributed by atoms with Crippen LogP contribution in [0.3, 0.4) is 0 Å². The van der Waals surface area contributed by atoms with Gasteiger partial charge in [0, 0.05) is 19.5 Å². The van der Waals surface area contributed by atoms with E-state index in [0.29, 0.717) is 25.6 Å². The van der Waals surface area contributed by atoms with Crippen molar-refractivity contribution in [1.82, 2.24) is 4.90 Å². The van der Waals surface area contributed by atoms with E-state index in [2.05, 4.69) is 6.92 Å². The summed E-state index contributed by atoms with van der Waals surface area (Å²) in [5.41, 5.74) is 1.09. The summed E-state index contributed by atoms with van der Waals surface area (Å²) in [4.78, 5) is 14.1. The molecule has 0 spiro atoms. The summed E-state index contributed by atoms with van der Waals surface area (Å²) in [6, 6.07) is 9.88. The second-order valence-corrected chi connectivity index (χ2v) is 5.71. The standard InChI is InChI=1S/C17H25NO3/c1-14-7-8-16(21-14)9-10-17(20)18(11-12-19)13-15-5-3-2-4-6-15/h2-6,14,16,19H,7-13H2,1H3. The first-order valence-electron chi connectivity index (χ1n) is 7.77. The Morgan fingerprint density at radius 2 is 2.10 bits per heavy atom. The molecule has 1 saturated heterocycles. The van der Waals surface area contributed by atoms with Gasteiger partial charge >= 0.3 is 0 Å². The van der Waals surface area contributed by atoms with Gasteiger partial charge in [0.2, 0.25) is 5.91 Å². The first kappa shape index (κ1) is 16.0. The first-order valence-corrected chi connectivity index (χ1v) is 7.77. The van der Waals surface area contributed by atoms with Gasteiger partial charge in [0.15, 0.2) is 0 Å². The molecule has 1 fully saturated rings. The molecule has 1 heterocycles. The highest BCUT2D eigenvalue weighted by atomic mass is 16.5. The van der Waals surface area contributed by atoms with Crippen molar-refractivity contribution in [2.75, 3.05) is 13.2 Å². The van der Waals surface area contributed by atoms with Gasteiger partial charge in [0.25, 0.3) is 0 Å². The van der Waals surface area contributed by atoms with Gasteiger partial charge in [0.1, 0.15) is 0 Å². The zero-order valence-electron chi connectivity index (χ0n) is 12.7. The topological polar surface area (TPSA) is 49.8 Å². The summed E-state index contributed by atoms with van der Waals surface area (Å²) in [7, 11) is 0. The third-order valence-electron chi connectivity index (χ3n) is 3.94. The van der Waals surface area contributed by atoms with Crippen LogP contribution in [0.4, 0.5) is 0 Å². The van der Waals surface area contributed by atoms with Crippen LogP contribution >= 0.6 is 0 Å². The monoisotopic (exact) mass is 291 g/mol. The lowest BCUT2D eigenvalue weighted by molar-refractivity contribution is -0.133. The lowest BCUT2D eigenvalue weighted by Crippen LogP contribution is -2.33. The molecule has 0 bridgehead atoms. The average molecular weight is 291 g/mol. The van der Waals surface area contributed by atoms with E-state index in [9.17, 15) is 4.79 Å². The van der Waals surface area contributed by atoms with Gasteiger partial charge < -0.3 is 14.7 Å². The maximum absolute atomic E-state index is 12.3. The number of hydrogen-bond donors (Lipinski definition) is 1. The van der Waals surface area contributed by atoms with Crippen molar-refractivity contribution in [1.29, 1.82) is 0 Å². The van der Waals surface area contributed by atoms with E-state index < -0.39 is 0 Å². The number of carbonyl (C=O) groups excluding carboxylic acids is 1. The van der Waals surface area contributed by atoms with E-state index in [4.69, 9.17) is 9.84 Å². The lowest BCUT2D eigenvalue weighted by Gasteiger charge is -2.22. The maximum atomic E-state index is 12.3. The molecule has 2 atom stereocenters. The first-order chi connectivity index (χ1) is 10.2. The summed E-state index contributed by atoms with van der Waals surface area (Å²) in [5.74, 6) is 0.0936. The van der Waals surface area contributed by atoms with Crippen molar-refractivity contribution in [3.8, 4) is 0 Å². The Bertz CT molecular complexity index is 435. The van der Waals surface area contributed by atoms with Gasteiger partial charge in [-0.05, 0) is 31.7 Å². The van der Waals surface area contributed by atoms with E-state index >= 15 is 0 Å². The van der Waals surface area contributed by atoms with E-state index in [0.717, 1.165) is 24.8 Å². The molecule has 1 amide bonds. The fourth-order valence-corrected chi connectivity index (χ4v) is 2.76. The Kier molecular flexibility index (Phi) is 6.21. The molecule has 1 aromatic carbocycles. The Morgan fingerprint density at radius 1 is 1.33 bits per heavy atom. The summed E-state index contributed by atoms with van der Waals surface area (Å²) in [5, 5.41) is 9.16. The number of aliphatic hydroxyl groups excluding tert-OH is 1. The maximum Gasteiger partial charge on any atom is 0.223 e. The minimum Gasteiger partial charge on any atom is -0.395 e. The zero-order valence-corrected chi connectivity index (χ0v) is 12.7. The third-order valence-corrected chi connectivity index (χ3v) is 3.94. The van der Waals surface area contributed by atoms with Crippen molar-refractivity contribution in [2.24, 2.45) is 0 Å². The van der Waals surface area contributed by atoms with Crippen molar-refractivity contribution in [2.45, 2.75) is 51.4 Å². The average Bonchev–Trinajstić information content (AvgIpc) is 2.91. The fraction of sp³-hybridized carbons (Fsp3) is 0.588. The SMILES string of the molecule is CC1CCC(CCC(=O)N(CCO)Cc2ccccc2)O1. The molecule has 4 nitrogen and oxygen atoms in total. The molecule has 0 aliphatic carbocycles. The van der Waals surface area contributed by atoms with Crippen LogP contribution in [0.1, 0.15) is 38.2 Å². The molecule has 2 unspecified atom stereocenters. The molecule has 0 radical (unpaired) electrons. The molecular weight excluding hydrogens is 266 g/mol. The number of carbonyl (C=O) groups is 1. The van der Waals surface area contributed by atoms with Gasteiger partial charge in [-0.15, -0.1) is 0 Å². The van der Waals surface area contributed by atoms with Gasteiger partial charge in [0.05, 0.1) is 18.8 Å². The number of amides is 1. The highest BCUT2D eigenvalue weighted by Crippen LogP contribution is 2.23. The molecule has 1 aliphatic rings. The van der Waals surface area contributed by atoms with Gasteiger partial charge in [-0.1, -0.05) is 30.3 Å². The second kappa shape index (κ2) is 8.15. The largest absolute Gasteiger partial charge is 0.395 e. The minimum atomic E-state index is -0.00443.